The van der Waals surface area contributed by atoms with E-state index in [1.54, 1.807) is 25.6 Å². The second-order valence-corrected chi connectivity index (χ2v) is 6.27. The Balaban J connectivity index is 2.10. The molecule has 0 bridgehead atoms. The van der Waals surface area contributed by atoms with Crippen LogP contribution < -0.4 is 14.8 Å². The van der Waals surface area contributed by atoms with E-state index in [2.05, 4.69) is 34.2 Å². The van der Waals surface area contributed by atoms with E-state index in [9.17, 15) is 0 Å². The first kappa shape index (κ1) is 14.2. The molecular weight excluding hydrogens is 326 g/mol. The predicted molar refractivity (Wildman–Crippen MR) is 83.6 cm³/mol. The summed E-state index contributed by atoms with van der Waals surface area (Å²) in [7, 11) is 3.30. The Morgan fingerprint density at radius 1 is 1.11 bits per heavy atom. The van der Waals surface area contributed by atoms with E-state index in [4.69, 9.17) is 9.47 Å². The van der Waals surface area contributed by atoms with Crippen molar-refractivity contribution in [2.75, 3.05) is 19.5 Å². The number of benzene rings is 1. The molecule has 2 rings (SSSR count). The van der Waals surface area contributed by atoms with E-state index in [1.165, 1.54) is 9.75 Å². The van der Waals surface area contributed by atoms with E-state index in [0.29, 0.717) is 0 Å². The maximum atomic E-state index is 5.25. The highest BCUT2D eigenvalue weighted by molar-refractivity contribution is 9.10. The summed E-state index contributed by atoms with van der Waals surface area (Å²) in [6.45, 7) is 2.89. The Labute approximate surface area is 125 Å². The molecule has 3 nitrogen and oxygen atoms in total. The average Bonchev–Trinajstić information content (AvgIpc) is 2.75. The van der Waals surface area contributed by atoms with Gasteiger partial charge in [0.1, 0.15) is 11.5 Å². The summed E-state index contributed by atoms with van der Waals surface area (Å²) in [4.78, 5) is 2.58. The molecule has 0 aliphatic rings. The topological polar surface area (TPSA) is 30.5 Å². The summed E-state index contributed by atoms with van der Waals surface area (Å²) in [5.74, 6) is 1.57. The molecule has 1 aromatic heterocycles. The van der Waals surface area contributed by atoms with Crippen molar-refractivity contribution in [1.29, 1.82) is 0 Å². The molecule has 1 aromatic carbocycles. The Morgan fingerprint density at radius 2 is 1.74 bits per heavy atom. The van der Waals surface area contributed by atoms with Gasteiger partial charge in [0.2, 0.25) is 0 Å². The number of ether oxygens (including phenoxy) is 2. The molecule has 5 heteroatoms. The summed E-state index contributed by atoms with van der Waals surface area (Å²) in [6, 6.07) is 7.91. The van der Waals surface area contributed by atoms with Crippen molar-refractivity contribution in [1.82, 2.24) is 0 Å². The minimum atomic E-state index is 0.783. The van der Waals surface area contributed by atoms with Gasteiger partial charge in [-0.25, -0.2) is 0 Å². The van der Waals surface area contributed by atoms with Crippen molar-refractivity contribution in [3.63, 3.8) is 0 Å². The molecule has 0 aliphatic heterocycles. The first-order chi connectivity index (χ1) is 9.12. The number of hydrogen-bond donors (Lipinski definition) is 1. The molecule has 0 spiro atoms. The maximum Gasteiger partial charge on any atom is 0.124 e. The first-order valence-corrected chi connectivity index (χ1v) is 7.45. The van der Waals surface area contributed by atoms with Gasteiger partial charge >= 0.3 is 0 Å². The Kier molecular flexibility index (Phi) is 4.71. The van der Waals surface area contributed by atoms with Gasteiger partial charge < -0.3 is 14.8 Å². The molecule has 0 aliphatic carbocycles. The monoisotopic (exact) mass is 341 g/mol. The molecule has 0 fully saturated rings. The second-order valence-electron chi connectivity index (χ2n) is 4.07. The molecule has 2 aromatic rings. The average molecular weight is 342 g/mol. The number of hydrogen-bond acceptors (Lipinski definition) is 4. The van der Waals surface area contributed by atoms with Gasteiger partial charge in [-0.15, -0.1) is 11.3 Å². The van der Waals surface area contributed by atoms with E-state index < -0.39 is 0 Å². The van der Waals surface area contributed by atoms with Crippen molar-refractivity contribution in [2.24, 2.45) is 0 Å². The van der Waals surface area contributed by atoms with Gasteiger partial charge in [-0.2, -0.15) is 0 Å². The number of halogens is 1. The van der Waals surface area contributed by atoms with Crippen LogP contribution in [-0.2, 0) is 6.54 Å². The van der Waals surface area contributed by atoms with Gasteiger partial charge in [-0.3, -0.25) is 0 Å². The standard InChI is InChI=1S/C14H16BrNO2S/c1-9-14(15)7-13(19-9)8-16-10-4-11(17-2)6-12(5-10)18-3/h4-7,16H,8H2,1-3H3. The lowest BCUT2D eigenvalue weighted by molar-refractivity contribution is 0.394. The summed E-state index contributed by atoms with van der Waals surface area (Å²) in [5, 5.41) is 3.38. The molecule has 0 saturated heterocycles. The number of nitrogens with one attached hydrogen (secondary N) is 1. The number of thiophene rings is 1. The molecule has 1 heterocycles. The third-order valence-corrected chi connectivity index (χ3v) is 4.86. The number of anilines is 1. The summed E-state index contributed by atoms with van der Waals surface area (Å²) in [5.41, 5.74) is 0.985. The SMILES string of the molecule is COc1cc(NCc2cc(Br)c(C)s2)cc(OC)c1. The molecule has 102 valence electrons. The lowest BCUT2D eigenvalue weighted by atomic mass is 10.2. The van der Waals surface area contributed by atoms with Crippen LogP contribution in [0.15, 0.2) is 28.7 Å². The van der Waals surface area contributed by atoms with Gasteiger partial charge in [0, 0.05) is 44.7 Å². The molecule has 1 N–H and O–H groups in total. The molecule has 19 heavy (non-hydrogen) atoms. The van der Waals surface area contributed by atoms with Gasteiger partial charge in [0.05, 0.1) is 14.2 Å². The summed E-state index contributed by atoms with van der Waals surface area (Å²) < 4.78 is 11.7. The van der Waals surface area contributed by atoms with Crippen LogP contribution >= 0.6 is 27.3 Å². The Morgan fingerprint density at radius 3 is 2.21 bits per heavy atom. The van der Waals surface area contributed by atoms with Crippen LogP contribution in [0.5, 0.6) is 11.5 Å². The highest BCUT2D eigenvalue weighted by Gasteiger charge is 2.05. The fraction of sp³-hybridized carbons (Fsp3) is 0.286. The largest absolute Gasteiger partial charge is 0.497 e. The molecule has 0 saturated carbocycles. The zero-order chi connectivity index (χ0) is 13.8. The van der Waals surface area contributed by atoms with Crippen molar-refractivity contribution < 1.29 is 9.47 Å². The normalized spacial score (nSPS) is 10.3. The van der Waals surface area contributed by atoms with Crippen molar-refractivity contribution >= 4 is 33.0 Å². The van der Waals surface area contributed by atoms with Crippen LogP contribution in [0.1, 0.15) is 9.75 Å². The van der Waals surface area contributed by atoms with Gasteiger partial charge in [-0.1, -0.05) is 0 Å². The predicted octanol–water partition coefficient (Wildman–Crippen LogP) is 4.45. The minimum absolute atomic E-state index is 0.783. The van der Waals surface area contributed by atoms with E-state index in [0.717, 1.165) is 28.2 Å². The smallest absolute Gasteiger partial charge is 0.124 e. The van der Waals surface area contributed by atoms with Crippen LogP contribution in [0.4, 0.5) is 5.69 Å². The summed E-state index contributed by atoms with van der Waals surface area (Å²) in [6.07, 6.45) is 0. The minimum Gasteiger partial charge on any atom is -0.497 e. The number of aryl methyl sites for hydroxylation is 1. The Bertz CT molecular complexity index is 527. The zero-order valence-electron chi connectivity index (χ0n) is 11.1. The zero-order valence-corrected chi connectivity index (χ0v) is 13.5. The highest BCUT2D eigenvalue weighted by atomic mass is 79.9. The van der Waals surface area contributed by atoms with E-state index in [1.807, 2.05) is 18.2 Å². The number of rotatable bonds is 5. The van der Waals surface area contributed by atoms with Crippen LogP contribution in [0.3, 0.4) is 0 Å². The van der Waals surface area contributed by atoms with E-state index in [-0.39, 0.29) is 0 Å². The van der Waals surface area contributed by atoms with Crippen LogP contribution in [0, 0.1) is 6.92 Å². The fourth-order valence-corrected chi connectivity index (χ4v) is 3.25. The summed E-state index contributed by atoms with van der Waals surface area (Å²) >= 11 is 5.31. The van der Waals surface area contributed by atoms with Crippen LogP contribution in [-0.4, -0.2) is 14.2 Å². The molecule has 0 atom stereocenters. The molecule has 0 radical (unpaired) electrons. The van der Waals surface area contributed by atoms with Crippen molar-refractivity contribution in [2.45, 2.75) is 13.5 Å². The Hall–Kier alpha value is -1.20. The fourth-order valence-electron chi connectivity index (χ4n) is 1.70. The second kappa shape index (κ2) is 6.30. The third kappa shape index (κ3) is 3.64. The van der Waals surface area contributed by atoms with Crippen LogP contribution in [0.25, 0.3) is 0 Å². The molecule has 0 unspecified atom stereocenters. The molecule has 0 amide bonds. The first-order valence-electron chi connectivity index (χ1n) is 5.84. The molecular formula is C14H16BrNO2S. The van der Waals surface area contributed by atoms with Gasteiger partial charge in [-0.05, 0) is 28.9 Å². The third-order valence-electron chi connectivity index (χ3n) is 2.73. The lowest BCUT2D eigenvalue weighted by Gasteiger charge is -2.10. The quantitative estimate of drug-likeness (QED) is 0.871. The van der Waals surface area contributed by atoms with Gasteiger partial charge in [0.25, 0.3) is 0 Å². The highest BCUT2D eigenvalue weighted by Crippen LogP contribution is 2.29. The lowest BCUT2D eigenvalue weighted by Crippen LogP contribution is -1.98. The van der Waals surface area contributed by atoms with Crippen molar-refractivity contribution in [3.8, 4) is 11.5 Å². The maximum absolute atomic E-state index is 5.25. The van der Waals surface area contributed by atoms with Crippen molar-refractivity contribution in [3.05, 3.63) is 38.5 Å². The number of methoxy groups -OCH3 is 2. The van der Waals surface area contributed by atoms with E-state index >= 15 is 0 Å². The van der Waals surface area contributed by atoms with Crippen LogP contribution in [0.2, 0.25) is 0 Å². The van der Waals surface area contributed by atoms with Gasteiger partial charge in [0.15, 0.2) is 0 Å².